The summed E-state index contributed by atoms with van der Waals surface area (Å²) in [6.45, 7) is 9.41. The maximum atomic E-state index is 15.0. The van der Waals surface area contributed by atoms with Crippen LogP contribution in [0.4, 0.5) is 17.6 Å². The predicted molar refractivity (Wildman–Crippen MR) is 104 cm³/mol. The Bertz CT molecular complexity index is 980. The van der Waals surface area contributed by atoms with Crippen molar-refractivity contribution in [3.05, 3.63) is 47.4 Å². The van der Waals surface area contributed by atoms with Crippen LogP contribution in [-0.4, -0.2) is 14.3 Å². The quantitative estimate of drug-likeness (QED) is 0.372. The van der Waals surface area contributed by atoms with Crippen LogP contribution in [0.3, 0.4) is 0 Å². The number of pyridine rings is 1. The summed E-state index contributed by atoms with van der Waals surface area (Å²) in [5.74, 6) is -1.04. The molecule has 6 heteroatoms. The molecule has 0 bridgehead atoms. The Hall–Kier alpha value is -1.69. The molecule has 0 fully saturated rings. The van der Waals surface area contributed by atoms with E-state index in [9.17, 15) is 17.6 Å². The highest BCUT2D eigenvalue weighted by atomic mass is 28.3. The normalized spacial score (nSPS) is 15.3. The number of benzene rings is 1. The maximum absolute atomic E-state index is 15.0. The van der Waals surface area contributed by atoms with Crippen molar-refractivity contribution in [3.8, 4) is 11.3 Å². The van der Waals surface area contributed by atoms with Gasteiger partial charge in [-0.3, -0.25) is 0 Å². The predicted octanol–water partition coefficient (Wildman–Crippen LogP) is 5.30. The summed E-state index contributed by atoms with van der Waals surface area (Å²) in [4.78, 5) is 0. The second-order valence-corrected chi connectivity index (χ2v) is 13.5. The van der Waals surface area contributed by atoms with Crippen LogP contribution in [0.1, 0.15) is 29.1 Å². The van der Waals surface area contributed by atoms with Gasteiger partial charge < -0.3 is 0 Å². The van der Waals surface area contributed by atoms with Crippen molar-refractivity contribution in [1.29, 1.82) is 0 Å². The Morgan fingerprint density at radius 2 is 1.78 bits per heavy atom. The molecule has 0 aliphatic carbocycles. The van der Waals surface area contributed by atoms with E-state index >= 15 is 0 Å². The van der Waals surface area contributed by atoms with Crippen LogP contribution < -0.4 is 9.75 Å². The van der Waals surface area contributed by atoms with Crippen LogP contribution >= 0.6 is 0 Å². The third-order valence-corrected chi connectivity index (χ3v) is 6.51. The molecule has 1 nitrogen and oxygen atoms in total. The van der Waals surface area contributed by atoms with E-state index in [0.29, 0.717) is 22.9 Å². The smallest absolute Gasteiger partial charge is 0.207 e. The van der Waals surface area contributed by atoms with Crippen LogP contribution in [-0.2, 0) is 13.4 Å². The molecule has 1 aromatic carbocycles. The molecular weight excluding hydrogens is 370 g/mol. The molecule has 0 N–H and O–H groups in total. The van der Waals surface area contributed by atoms with E-state index in [1.807, 2.05) is 6.20 Å². The van der Waals surface area contributed by atoms with Crippen molar-refractivity contribution >= 4 is 13.3 Å². The SMILES string of the molecule is [2H]c1cc(-c2cc(F)c(C([2H])([2H])C(C)(C)C(F)(F)F)cc2C)[n+](C)cc1[Si](C)(C)C. The number of aryl methyl sites for hydroxylation is 2. The van der Waals surface area contributed by atoms with Gasteiger partial charge in [0.25, 0.3) is 0 Å². The van der Waals surface area contributed by atoms with Gasteiger partial charge in [0.2, 0.25) is 5.69 Å². The molecular formula is C21H28F4NSi+. The zero-order valence-electron chi connectivity index (χ0n) is 19.8. The number of halogens is 4. The van der Waals surface area contributed by atoms with Crippen molar-refractivity contribution in [3.63, 3.8) is 0 Å². The first-order valence-corrected chi connectivity index (χ1v) is 12.2. The fourth-order valence-corrected chi connectivity index (χ4v) is 3.77. The van der Waals surface area contributed by atoms with Gasteiger partial charge in [-0.05, 0) is 30.5 Å². The first kappa shape index (κ1) is 17.4. The van der Waals surface area contributed by atoms with Crippen molar-refractivity contribution in [2.24, 2.45) is 12.5 Å². The molecule has 0 aliphatic rings. The van der Waals surface area contributed by atoms with Crippen LogP contribution in [0.5, 0.6) is 0 Å². The molecule has 0 radical (unpaired) electrons. The van der Waals surface area contributed by atoms with E-state index in [0.717, 1.165) is 31.2 Å². The minimum absolute atomic E-state index is 0.333. The van der Waals surface area contributed by atoms with E-state index < -0.39 is 37.4 Å². The Morgan fingerprint density at radius 1 is 1.19 bits per heavy atom. The summed E-state index contributed by atoms with van der Waals surface area (Å²) in [5.41, 5.74) is -2.02. The lowest BCUT2D eigenvalue weighted by atomic mass is 9.84. The standard InChI is InChI=1S/C21H28F4NSi/c1-14-10-15(12-20(2,3)21(23,24)25)18(22)11-17(14)19-9-8-16(13-26(19)4)27(5,6)7/h8-11,13H,12H2,1-7H3/q+1/i8D,12D2. The average molecular weight is 402 g/mol. The van der Waals surface area contributed by atoms with Crippen LogP contribution in [0, 0.1) is 18.2 Å². The van der Waals surface area contributed by atoms with Gasteiger partial charge in [0.1, 0.15) is 12.9 Å². The Balaban J connectivity index is 2.67. The highest BCUT2D eigenvalue weighted by Crippen LogP contribution is 2.41. The molecule has 0 saturated carbocycles. The molecule has 148 valence electrons. The third-order valence-electron chi connectivity index (χ3n) is 4.62. The summed E-state index contributed by atoms with van der Waals surface area (Å²) in [6, 6.07) is 4.18. The first-order chi connectivity index (χ1) is 13.3. The van der Waals surface area contributed by atoms with Gasteiger partial charge in [0.15, 0.2) is 6.20 Å². The zero-order valence-corrected chi connectivity index (χ0v) is 17.8. The van der Waals surface area contributed by atoms with E-state index in [4.69, 9.17) is 4.11 Å². The van der Waals surface area contributed by atoms with Crippen molar-refractivity contribution in [2.45, 2.75) is 53.0 Å². The fraction of sp³-hybridized carbons (Fsp3) is 0.476. The van der Waals surface area contributed by atoms with Gasteiger partial charge in [0, 0.05) is 14.0 Å². The molecule has 0 aliphatic heterocycles. The monoisotopic (exact) mass is 401 g/mol. The van der Waals surface area contributed by atoms with E-state index in [2.05, 4.69) is 19.6 Å². The lowest BCUT2D eigenvalue weighted by molar-refractivity contribution is -0.659. The van der Waals surface area contributed by atoms with Gasteiger partial charge in [-0.2, -0.15) is 13.2 Å². The molecule has 0 amide bonds. The minimum Gasteiger partial charge on any atom is -0.207 e. The number of hydrogen-bond donors (Lipinski definition) is 0. The van der Waals surface area contributed by atoms with Crippen molar-refractivity contribution in [2.75, 3.05) is 0 Å². The van der Waals surface area contributed by atoms with E-state index in [1.54, 1.807) is 24.6 Å². The molecule has 1 aromatic heterocycles. The number of aromatic nitrogens is 1. The zero-order chi connectivity index (χ0) is 23.4. The minimum atomic E-state index is -4.85. The lowest BCUT2D eigenvalue weighted by Gasteiger charge is -2.28. The van der Waals surface area contributed by atoms with Crippen LogP contribution in [0.2, 0.25) is 19.6 Å². The topological polar surface area (TPSA) is 3.88 Å². The molecule has 0 saturated heterocycles. The number of hydrogen-bond acceptors (Lipinski definition) is 0. The molecule has 0 spiro atoms. The Kier molecular flexibility index (Phi) is 4.54. The van der Waals surface area contributed by atoms with Gasteiger partial charge in [-0.15, -0.1) is 0 Å². The molecule has 0 atom stereocenters. The van der Waals surface area contributed by atoms with Crippen molar-refractivity contribution < 1.29 is 26.2 Å². The Labute approximate surface area is 164 Å². The van der Waals surface area contributed by atoms with Crippen molar-refractivity contribution in [1.82, 2.24) is 0 Å². The molecule has 0 unspecified atom stereocenters. The summed E-state index contributed by atoms with van der Waals surface area (Å²) in [7, 11) is 0.00458. The second kappa shape index (κ2) is 7.04. The average Bonchev–Trinajstić information content (AvgIpc) is 2.56. The lowest BCUT2D eigenvalue weighted by Crippen LogP contribution is -2.45. The van der Waals surface area contributed by atoms with E-state index in [-0.39, 0.29) is 0 Å². The fourth-order valence-electron chi connectivity index (χ4n) is 2.69. The van der Waals surface area contributed by atoms with Gasteiger partial charge in [-0.1, -0.05) is 45.6 Å². The molecule has 1 heterocycles. The summed E-state index contributed by atoms with van der Waals surface area (Å²) in [5, 5.41) is 0.937. The van der Waals surface area contributed by atoms with Gasteiger partial charge >= 0.3 is 6.18 Å². The Morgan fingerprint density at radius 3 is 2.30 bits per heavy atom. The molecule has 27 heavy (non-hydrogen) atoms. The first-order valence-electron chi connectivity index (χ1n) is 10.2. The van der Waals surface area contributed by atoms with Gasteiger partial charge in [0.05, 0.1) is 20.4 Å². The molecule has 2 aromatic rings. The second-order valence-electron chi connectivity index (χ2n) is 8.47. The summed E-state index contributed by atoms with van der Waals surface area (Å²) < 4.78 is 81.6. The number of alkyl halides is 3. The maximum Gasteiger partial charge on any atom is 0.394 e. The largest absolute Gasteiger partial charge is 0.394 e. The van der Waals surface area contributed by atoms with Gasteiger partial charge in [-0.25, -0.2) is 8.96 Å². The highest BCUT2D eigenvalue weighted by molar-refractivity contribution is 6.88. The highest BCUT2D eigenvalue weighted by Gasteiger charge is 2.47. The summed E-state index contributed by atoms with van der Waals surface area (Å²) >= 11 is 0. The number of rotatable bonds is 4. The van der Waals surface area contributed by atoms with Crippen LogP contribution in [0.25, 0.3) is 11.3 Å². The molecule has 2 rings (SSSR count). The summed E-state index contributed by atoms with van der Waals surface area (Å²) in [6.07, 6.45) is -5.97. The van der Waals surface area contributed by atoms with E-state index in [1.165, 1.54) is 0 Å². The van der Waals surface area contributed by atoms with Crippen LogP contribution in [0.15, 0.2) is 30.4 Å². The number of nitrogens with zero attached hydrogens (tertiary/aromatic N) is 1. The third kappa shape index (κ3) is 4.59.